The highest BCUT2D eigenvalue weighted by molar-refractivity contribution is 6.03. The van der Waals surface area contributed by atoms with Gasteiger partial charge in [-0.3, -0.25) is 19.2 Å². The van der Waals surface area contributed by atoms with Crippen molar-refractivity contribution in [3.05, 3.63) is 24.0 Å². The van der Waals surface area contributed by atoms with Gasteiger partial charge in [0, 0.05) is 19.5 Å². The SMILES string of the molecule is CC(C)C[C@@H](C(=O)N1C[C@@]2(C[C@H]1C(N)=O)Oc1ccc(F)cc1NC2=O)N(C)C(=O)[C@H](C)N. The number of nitrogens with one attached hydrogen (secondary N) is 1. The third-order valence-electron chi connectivity index (χ3n) is 6.03. The molecule has 4 amide bonds. The second-order valence-corrected chi connectivity index (χ2v) is 9.16. The maximum Gasteiger partial charge on any atom is 0.270 e. The molecule has 5 N–H and O–H groups in total. The number of primary amides is 1. The van der Waals surface area contributed by atoms with Gasteiger partial charge < -0.3 is 31.3 Å². The normalized spacial score (nSPS) is 23.5. The van der Waals surface area contributed by atoms with Crippen LogP contribution in [0, 0.1) is 11.7 Å². The van der Waals surface area contributed by atoms with Gasteiger partial charge in [0.2, 0.25) is 23.3 Å². The molecule has 1 saturated heterocycles. The van der Waals surface area contributed by atoms with Crippen LogP contribution in [0.2, 0.25) is 0 Å². The minimum Gasteiger partial charge on any atom is -0.473 e. The number of anilines is 1. The van der Waals surface area contributed by atoms with Gasteiger partial charge in [-0.15, -0.1) is 0 Å². The monoisotopic (exact) mass is 463 g/mol. The molecule has 33 heavy (non-hydrogen) atoms. The number of halogens is 1. The summed E-state index contributed by atoms with van der Waals surface area (Å²) in [5.41, 5.74) is 9.90. The zero-order valence-corrected chi connectivity index (χ0v) is 19.1. The molecule has 180 valence electrons. The predicted octanol–water partition coefficient (Wildman–Crippen LogP) is 0.202. The largest absolute Gasteiger partial charge is 0.473 e. The number of fused-ring (bicyclic) bond motifs is 1. The first-order chi connectivity index (χ1) is 15.4. The molecule has 1 fully saturated rings. The van der Waals surface area contributed by atoms with Crippen LogP contribution in [0.3, 0.4) is 0 Å². The summed E-state index contributed by atoms with van der Waals surface area (Å²) in [4.78, 5) is 53.9. The highest BCUT2D eigenvalue weighted by Gasteiger charge is 2.57. The lowest BCUT2D eigenvalue weighted by Crippen LogP contribution is -2.57. The minimum absolute atomic E-state index is 0.0434. The first-order valence-electron chi connectivity index (χ1n) is 10.8. The fraction of sp³-hybridized carbons (Fsp3) is 0.545. The molecule has 1 aromatic carbocycles. The summed E-state index contributed by atoms with van der Waals surface area (Å²) >= 11 is 0. The molecule has 2 aliphatic rings. The summed E-state index contributed by atoms with van der Waals surface area (Å²) in [6, 6.07) is 0.815. The molecule has 0 saturated carbocycles. The van der Waals surface area contributed by atoms with E-state index in [-0.39, 0.29) is 30.3 Å². The van der Waals surface area contributed by atoms with Crippen LogP contribution < -0.4 is 21.5 Å². The lowest BCUT2D eigenvalue weighted by Gasteiger charge is -2.36. The van der Waals surface area contributed by atoms with Gasteiger partial charge in [0.15, 0.2) is 0 Å². The van der Waals surface area contributed by atoms with Crippen LogP contribution in [0.4, 0.5) is 10.1 Å². The number of benzene rings is 1. The van der Waals surface area contributed by atoms with E-state index in [1.807, 2.05) is 13.8 Å². The number of carbonyl (C=O) groups excluding carboxylic acids is 4. The van der Waals surface area contributed by atoms with Gasteiger partial charge in [-0.25, -0.2) is 4.39 Å². The Morgan fingerprint density at radius 1 is 1.33 bits per heavy atom. The number of likely N-dealkylation sites (N-methyl/N-ethyl adjacent to an activating group) is 1. The predicted molar refractivity (Wildman–Crippen MR) is 117 cm³/mol. The molecule has 3 rings (SSSR count). The number of ether oxygens (including phenoxy) is 1. The molecule has 11 heteroatoms. The highest BCUT2D eigenvalue weighted by Crippen LogP contribution is 2.41. The van der Waals surface area contributed by atoms with Crippen LogP contribution in [0.5, 0.6) is 5.75 Å². The Kier molecular flexibility index (Phi) is 6.64. The molecular weight excluding hydrogens is 433 g/mol. The fourth-order valence-corrected chi connectivity index (χ4v) is 4.32. The van der Waals surface area contributed by atoms with Gasteiger partial charge in [-0.1, -0.05) is 13.8 Å². The van der Waals surface area contributed by atoms with Crippen molar-refractivity contribution < 1.29 is 28.3 Å². The van der Waals surface area contributed by atoms with Gasteiger partial charge in [0.25, 0.3) is 5.91 Å². The number of likely N-dealkylation sites (tertiary alicyclic amines) is 1. The fourth-order valence-electron chi connectivity index (χ4n) is 4.32. The Hall–Kier alpha value is -3.21. The molecule has 0 aliphatic carbocycles. The van der Waals surface area contributed by atoms with E-state index in [0.717, 1.165) is 6.07 Å². The third-order valence-corrected chi connectivity index (χ3v) is 6.03. The van der Waals surface area contributed by atoms with Crippen LogP contribution >= 0.6 is 0 Å². The number of amides is 4. The van der Waals surface area contributed by atoms with E-state index in [2.05, 4.69) is 5.32 Å². The first kappa shape index (κ1) is 24.4. The molecule has 1 aromatic rings. The van der Waals surface area contributed by atoms with Crippen molar-refractivity contribution in [3.8, 4) is 5.75 Å². The number of nitrogens with two attached hydrogens (primary N) is 2. The quantitative estimate of drug-likeness (QED) is 0.549. The van der Waals surface area contributed by atoms with Crippen LogP contribution in [0.25, 0.3) is 0 Å². The van der Waals surface area contributed by atoms with E-state index >= 15 is 0 Å². The van der Waals surface area contributed by atoms with Gasteiger partial charge in [0.05, 0.1) is 18.3 Å². The van der Waals surface area contributed by atoms with Crippen LogP contribution in [0.1, 0.15) is 33.6 Å². The lowest BCUT2D eigenvalue weighted by atomic mass is 9.96. The zero-order valence-electron chi connectivity index (χ0n) is 19.1. The van der Waals surface area contributed by atoms with Crippen molar-refractivity contribution >= 4 is 29.3 Å². The molecule has 1 spiro atoms. The Labute approximate surface area is 191 Å². The molecular formula is C22H30FN5O5. The molecule has 2 heterocycles. The average Bonchev–Trinajstić information content (AvgIpc) is 3.12. The lowest BCUT2D eigenvalue weighted by molar-refractivity contribution is -0.148. The Bertz CT molecular complexity index is 984. The summed E-state index contributed by atoms with van der Waals surface area (Å²) in [6.07, 6.45) is 0.147. The molecule has 10 nitrogen and oxygen atoms in total. The second-order valence-electron chi connectivity index (χ2n) is 9.16. The Morgan fingerprint density at radius 2 is 2.00 bits per heavy atom. The van der Waals surface area contributed by atoms with Gasteiger partial charge in [-0.05, 0) is 31.4 Å². The Morgan fingerprint density at radius 3 is 2.58 bits per heavy atom. The molecule has 0 unspecified atom stereocenters. The van der Waals surface area contributed by atoms with Crippen molar-refractivity contribution in [2.75, 3.05) is 18.9 Å². The van der Waals surface area contributed by atoms with E-state index in [9.17, 15) is 23.6 Å². The van der Waals surface area contributed by atoms with Gasteiger partial charge in [-0.2, -0.15) is 0 Å². The first-order valence-corrected chi connectivity index (χ1v) is 10.8. The molecule has 0 radical (unpaired) electrons. The molecule has 4 atom stereocenters. The molecule has 0 bridgehead atoms. The van der Waals surface area contributed by atoms with Gasteiger partial charge in [0.1, 0.15) is 23.7 Å². The summed E-state index contributed by atoms with van der Waals surface area (Å²) < 4.78 is 19.5. The van der Waals surface area contributed by atoms with Crippen molar-refractivity contribution in [3.63, 3.8) is 0 Å². The number of hydrogen-bond acceptors (Lipinski definition) is 6. The molecule has 2 aliphatic heterocycles. The number of carbonyl (C=O) groups is 4. The third kappa shape index (κ3) is 4.63. The Balaban J connectivity index is 1.95. The zero-order chi connectivity index (χ0) is 24.7. The summed E-state index contributed by atoms with van der Waals surface area (Å²) in [5, 5.41) is 2.59. The highest BCUT2D eigenvalue weighted by atomic mass is 19.1. The smallest absolute Gasteiger partial charge is 0.270 e. The van der Waals surface area contributed by atoms with Crippen LogP contribution in [-0.4, -0.2) is 70.7 Å². The van der Waals surface area contributed by atoms with Crippen LogP contribution in [-0.2, 0) is 19.2 Å². The minimum atomic E-state index is -1.58. The number of nitrogens with zero attached hydrogens (tertiary/aromatic N) is 2. The second kappa shape index (κ2) is 8.97. The maximum absolute atomic E-state index is 13.6. The van der Waals surface area contributed by atoms with Crippen molar-refractivity contribution in [2.24, 2.45) is 17.4 Å². The van der Waals surface area contributed by atoms with E-state index in [0.29, 0.717) is 6.42 Å². The van der Waals surface area contributed by atoms with Crippen LogP contribution in [0.15, 0.2) is 18.2 Å². The molecule has 0 aromatic heterocycles. The topological polar surface area (TPSA) is 148 Å². The summed E-state index contributed by atoms with van der Waals surface area (Å²) in [6.45, 7) is 5.06. The average molecular weight is 464 g/mol. The van der Waals surface area contributed by atoms with Crippen molar-refractivity contribution in [1.82, 2.24) is 9.80 Å². The van der Waals surface area contributed by atoms with E-state index in [1.54, 1.807) is 0 Å². The van der Waals surface area contributed by atoms with Crippen molar-refractivity contribution in [1.29, 1.82) is 0 Å². The number of hydrogen-bond donors (Lipinski definition) is 3. The number of rotatable bonds is 6. The maximum atomic E-state index is 13.6. The van der Waals surface area contributed by atoms with E-state index < -0.39 is 53.2 Å². The summed E-state index contributed by atoms with van der Waals surface area (Å²) in [7, 11) is 1.48. The standard InChI is InChI=1S/C22H30FN5O5/c1-11(2)7-15(27(4)19(30)12(3)24)20(31)28-10-22(9-16(28)18(25)29)21(32)26-14-8-13(23)5-6-17(14)33-22/h5-6,8,11-12,15-16H,7,9-10,24H2,1-4H3,(H2,25,29)(H,26,32)/t12-,15-,16-,22+/m0/s1. The van der Waals surface area contributed by atoms with Gasteiger partial charge >= 0.3 is 0 Å². The van der Waals surface area contributed by atoms with E-state index in [4.69, 9.17) is 16.2 Å². The van der Waals surface area contributed by atoms with Crippen molar-refractivity contribution in [2.45, 2.75) is 57.3 Å². The van der Waals surface area contributed by atoms with E-state index in [1.165, 1.54) is 35.9 Å². The summed E-state index contributed by atoms with van der Waals surface area (Å²) in [5.74, 6) is -2.65.